The molecule has 0 saturated carbocycles. The minimum atomic E-state index is -1.02. The number of hydrogen-bond acceptors (Lipinski definition) is 7. The zero-order chi connectivity index (χ0) is 18.5. The van der Waals surface area contributed by atoms with Gasteiger partial charge in [-0.3, -0.25) is 4.79 Å². The van der Waals surface area contributed by atoms with E-state index in [0.29, 0.717) is 10.9 Å². The van der Waals surface area contributed by atoms with E-state index in [9.17, 15) is 9.90 Å². The summed E-state index contributed by atoms with van der Waals surface area (Å²) in [5.74, 6) is -0.223. The van der Waals surface area contributed by atoms with Gasteiger partial charge in [0.15, 0.2) is 0 Å². The Hall–Kier alpha value is -2.91. The van der Waals surface area contributed by atoms with Crippen molar-refractivity contribution in [3.05, 3.63) is 59.7 Å². The molecule has 8 nitrogen and oxygen atoms in total. The van der Waals surface area contributed by atoms with E-state index in [2.05, 4.69) is 15.5 Å². The van der Waals surface area contributed by atoms with E-state index < -0.39 is 12.0 Å². The van der Waals surface area contributed by atoms with Gasteiger partial charge in [-0.2, -0.15) is 4.68 Å². The number of carboxylic acids is 1. The molecule has 134 valence electrons. The van der Waals surface area contributed by atoms with E-state index in [0.717, 1.165) is 16.8 Å². The monoisotopic (exact) mass is 371 g/mol. The number of phenols is 1. The Morgan fingerprint density at radius 1 is 1.19 bits per heavy atom. The molecule has 1 aromatic heterocycles. The lowest BCUT2D eigenvalue weighted by molar-refractivity contribution is -0.138. The summed E-state index contributed by atoms with van der Waals surface area (Å²) in [5.41, 5.74) is 8.23. The summed E-state index contributed by atoms with van der Waals surface area (Å²) in [4.78, 5) is 10.9. The molecule has 0 aliphatic carbocycles. The van der Waals surface area contributed by atoms with Crippen LogP contribution in [-0.4, -0.2) is 42.4 Å². The Balaban J connectivity index is 1.69. The Bertz CT molecular complexity index is 897. The van der Waals surface area contributed by atoms with Gasteiger partial charge in [-0.25, -0.2) is 0 Å². The second kappa shape index (κ2) is 7.98. The highest BCUT2D eigenvalue weighted by Gasteiger charge is 2.13. The largest absolute Gasteiger partial charge is 0.508 e. The van der Waals surface area contributed by atoms with Gasteiger partial charge in [0.05, 0.1) is 5.69 Å². The van der Waals surface area contributed by atoms with Crippen molar-refractivity contribution in [1.29, 1.82) is 0 Å². The number of tetrazole rings is 1. The molecular weight excluding hydrogens is 354 g/mol. The highest BCUT2D eigenvalue weighted by Crippen LogP contribution is 2.24. The quantitative estimate of drug-likeness (QED) is 0.535. The van der Waals surface area contributed by atoms with Crippen LogP contribution in [0.1, 0.15) is 11.1 Å². The summed E-state index contributed by atoms with van der Waals surface area (Å²) in [5, 5.41) is 30.6. The number of carboxylic acid groups (broad SMARTS) is 1. The van der Waals surface area contributed by atoms with Gasteiger partial charge >= 0.3 is 5.97 Å². The summed E-state index contributed by atoms with van der Waals surface area (Å²) in [7, 11) is 0. The second-order valence-electron chi connectivity index (χ2n) is 5.65. The van der Waals surface area contributed by atoms with E-state index in [1.165, 1.54) is 11.8 Å². The summed E-state index contributed by atoms with van der Waals surface area (Å²) in [6.45, 7) is 0. The van der Waals surface area contributed by atoms with E-state index in [1.54, 1.807) is 28.9 Å². The van der Waals surface area contributed by atoms with Gasteiger partial charge in [-0.1, -0.05) is 36.0 Å². The van der Waals surface area contributed by atoms with Crippen molar-refractivity contribution in [1.82, 2.24) is 20.2 Å². The number of carbonyl (C=O) groups is 1. The number of phenolic OH excluding ortho intramolecular Hbond substituents is 1. The van der Waals surface area contributed by atoms with Crippen molar-refractivity contribution in [2.45, 2.75) is 23.4 Å². The molecule has 0 spiro atoms. The fourth-order valence-corrected chi connectivity index (χ4v) is 3.19. The van der Waals surface area contributed by atoms with Gasteiger partial charge in [0, 0.05) is 5.75 Å². The SMILES string of the molecule is NC(Cc1cccc(CSc2nnnn2-c2ccc(O)cc2)c1)C(=O)O. The fraction of sp³-hybridized carbons (Fsp3) is 0.176. The molecule has 3 rings (SSSR count). The summed E-state index contributed by atoms with van der Waals surface area (Å²) in [6, 6.07) is 13.3. The van der Waals surface area contributed by atoms with Crippen molar-refractivity contribution in [2.24, 2.45) is 5.73 Å². The van der Waals surface area contributed by atoms with E-state index in [-0.39, 0.29) is 12.2 Å². The van der Waals surface area contributed by atoms with Gasteiger partial charge in [-0.05, 0) is 52.2 Å². The standard InChI is InChI=1S/C17H17N5O3S/c18-15(16(24)25)9-11-2-1-3-12(8-11)10-26-17-19-20-21-22(17)13-4-6-14(23)7-5-13/h1-8,15,23H,9-10,18H2,(H,24,25). The van der Waals surface area contributed by atoms with Gasteiger partial charge in [0.1, 0.15) is 11.8 Å². The third kappa shape index (κ3) is 4.38. The van der Waals surface area contributed by atoms with Crippen molar-refractivity contribution in [3.63, 3.8) is 0 Å². The van der Waals surface area contributed by atoms with Crippen molar-refractivity contribution >= 4 is 17.7 Å². The minimum Gasteiger partial charge on any atom is -0.508 e. The Morgan fingerprint density at radius 2 is 1.92 bits per heavy atom. The maximum absolute atomic E-state index is 10.9. The van der Waals surface area contributed by atoms with Crippen LogP contribution in [-0.2, 0) is 17.0 Å². The van der Waals surface area contributed by atoms with Crippen LogP contribution in [0.5, 0.6) is 5.75 Å². The van der Waals surface area contributed by atoms with Crippen molar-refractivity contribution < 1.29 is 15.0 Å². The zero-order valence-corrected chi connectivity index (χ0v) is 14.5. The van der Waals surface area contributed by atoms with Crippen LogP contribution < -0.4 is 5.73 Å². The van der Waals surface area contributed by atoms with Gasteiger partial charge in [-0.15, -0.1) is 5.10 Å². The predicted molar refractivity (Wildman–Crippen MR) is 96.1 cm³/mol. The molecule has 0 amide bonds. The molecular formula is C17H17N5O3S. The Kier molecular flexibility index (Phi) is 5.49. The first-order chi connectivity index (χ1) is 12.5. The fourth-order valence-electron chi connectivity index (χ4n) is 2.36. The topological polar surface area (TPSA) is 127 Å². The first-order valence-corrected chi connectivity index (χ1v) is 8.78. The summed E-state index contributed by atoms with van der Waals surface area (Å²) >= 11 is 1.46. The lowest BCUT2D eigenvalue weighted by Gasteiger charge is -2.08. The van der Waals surface area contributed by atoms with E-state index in [1.807, 2.05) is 24.3 Å². The molecule has 1 atom stereocenters. The lowest BCUT2D eigenvalue weighted by atomic mass is 10.0. The molecule has 0 fully saturated rings. The van der Waals surface area contributed by atoms with Crippen molar-refractivity contribution in [2.75, 3.05) is 0 Å². The van der Waals surface area contributed by atoms with Crippen LogP contribution in [0.25, 0.3) is 5.69 Å². The molecule has 2 aromatic carbocycles. The van der Waals surface area contributed by atoms with Gasteiger partial charge in [0.25, 0.3) is 0 Å². The molecule has 0 aliphatic rings. The lowest BCUT2D eigenvalue weighted by Crippen LogP contribution is -2.32. The van der Waals surface area contributed by atoms with Crippen LogP contribution in [0.15, 0.2) is 53.7 Å². The number of benzene rings is 2. The maximum atomic E-state index is 10.9. The zero-order valence-electron chi connectivity index (χ0n) is 13.7. The maximum Gasteiger partial charge on any atom is 0.320 e. The Labute approximate surface area is 153 Å². The predicted octanol–water partition coefficient (Wildman–Crippen LogP) is 1.61. The third-order valence-corrected chi connectivity index (χ3v) is 4.66. The average Bonchev–Trinajstić information content (AvgIpc) is 3.09. The number of nitrogens with zero attached hydrogens (tertiary/aromatic N) is 4. The Morgan fingerprint density at radius 3 is 2.65 bits per heavy atom. The molecule has 26 heavy (non-hydrogen) atoms. The minimum absolute atomic E-state index is 0.174. The third-order valence-electron chi connectivity index (χ3n) is 3.67. The van der Waals surface area contributed by atoms with Gasteiger partial charge in [0.2, 0.25) is 5.16 Å². The van der Waals surface area contributed by atoms with Crippen LogP contribution >= 0.6 is 11.8 Å². The summed E-state index contributed by atoms with van der Waals surface area (Å²) in [6.07, 6.45) is 0.277. The molecule has 1 unspecified atom stereocenters. The number of aromatic nitrogens is 4. The molecule has 9 heteroatoms. The number of rotatable bonds is 7. The van der Waals surface area contributed by atoms with E-state index >= 15 is 0 Å². The van der Waals surface area contributed by atoms with Crippen molar-refractivity contribution in [3.8, 4) is 11.4 Å². The van der Waals surface area contributed by atoms with Crippen LogP contribution in [0.2, 0.25) is 0 Å². The highest BCUT2D eigenvalue weighted by atomic mass is 32.2. The normalized spacial score (nSPS) is 12.0. The molecule has 3 aromatic rings. The molecule has 0 saturated heterocycles. The number of hydrogen-bond donors (Lipinski definition) is 3. The average molecular weight is 371 g/mol. The number of thioether (sulfide) groups is 1. The molecule has 0 radical (unpaired) electrons. The highest BCUT2D eigenvalue weighted by molar-refractivity contribution is 7.98. The van der Waals surface area contributed by atoms with Crippen LogP contribution in [0, 0.1) is 0 Å². The number of nitrogens with two attached hydrogens (primary N) is 1. The first-order valence-electron chi connectivity index (χ1n) is 7.80. The van der Waals surface area contributed by atoms with E-state index in [4.69, 9.17) is 10.8 Å². The number of aromatic hydroxyl groups is 1. The second-order valence-corrected chi connectivity index (χ2v) is 6.59. The molecule has 4 N–H and O–H groups in total. The first kappa shape index (κ1) is 17.9. The smallest absolute Gasteiger partial charge is 0.320 e. The van der Waals surface area contributed by atoms with Gasteiger partial charge < -0.3 is 15.9 Å². The van der Waals surface area contributed by atoms with Crippen LogP contribution in [0.4, 0.5) is 0 Å². The summed E-state index contributed by atoms with van der Waals surface area (Å²) < 4.78 is 1.59. The molecule has 0 bridgehead atoms. The number of aliphatic carboxylic acids is 1. The molecule has 1 heterocycles. The molecule has 0 aliphatic heterocycles. The van der Waals surface area contributed by atoms with Crippen LogP contribution in [0.3, 0.4) is 0 Å².